The zero-order valence-corrected chi connectivity index (χ0v) is 16.1. The number of halogens is 2. The lowest BCUT2D eigenvalue weighted by molar-refractivity contribution is -0.149. The Balaban J connectivity index is 1.74. The van der Waals surface area contributed by atoms with Crippen LogP contribution in [0, 0.1) is 11.7 Å². The predicted molar refractivity (Wildman–Crippen MR) is 102 cm³/mol. The molecule has 1 aromatic rings. The van der Waals surface area contributed by atoms with Gasteiger partial charge in [-0.25, -0.2) is 4.39 Å². The smallest absolute Gasteiger partial charge is 0.308 e. The molecule has 0 spiro atoms. The standard InChI is InChI=1S/C19H27ClFN3O2/c1-3-26-18(25)14-5-8-16(9-6-14)24-19(22-2)23-11-10-13-4-7-15(21)12-17(13)20/h4,7,12,14,16H,3,5-6,8-11H2,1-2H3,(H2,22,23,24). The molecule has 1 aromatic carbocycles. The second-order valence-electron chi connectivity index (χ2n) is 6.43. The summed E-state index contributed by atoms with van der Waals surface area (Å²) in [4.78, 5) is 16.0. The maximum atomic E-state index is 13.1. The molecule has 1 saturated carbocycles. The third-order valence-electron chi connectivity index (χ3n) is 4.61. The van der Waals surface area contributed by atoms with Crippen molar-refractivity contribution in [1.29, 1.82) is 0 Å². The molecular weight excluding hydrogens is 357 g/mol. The van der Waals surface area contributed by atoms with Crippen molar-refractivity contribution in [2.24, 2.45) is 10.9 Å². The van der Waals surface area contributed by atoms with Crippen LogP contribution in [-0.2, 0) is 16.0 Å². The number of aliphatic imine (C=N–C) groups is 1. The Labute approximate surface area is 159 Å². The molecule has 0 saturated heterocycles. The van der Waals surface area contributed by atoms with Gasteiger partial charge in [0.15, 0.2) is 5.96 Å². The topological polar surface area (TPSA) is 62.7 Å². The zero-order valence-electron chi connectivity index (χ0n) is 15.4. The van der Waals surface area contributed by atoms with Crippen molar-refractivity contribution in [3.8, 4) is 0 Å². The number of carbonyl (C=O) groups excluding carboxylic acids is 1. The van der Waals surface area contributed by atoms with Crippen LogP contribution in [0.5, 0.6) is 0 Å². The highest BCUT2D eigenvalue weighted by Crippen LogP contribution is 2.25. The number of guanidine groups is 1. The lowest BCUT2D eigenvalue weighted by Crippen LogP contribution is -2.45. The number of esters is 1. The highest BCUT2D eigenvalue weighted by molar-refractivity contribution is 6.31. The average Bonchev–Trinajstić information content (AvgIpc) is 2.63. The first-order valence-electron chi connectivity index (χ1n) is 9.11. The van der Waals surface area contributed by atoms with Gasteiger partial charge in [0.25, 0.3) is 0 Å². The van der Waals surface area contributed by atoms with Gasteiger partial charge in [0.05, 0.1) is 12.5 Å². The van der Waals surface area contributed by atoms with Gasteiger partial charge in [-0.15, -0.1) is 0 Å². The van der Waals surface area contributed by atoms with E-state index in [9.17, 15) is 9.18 Å². The van der Waals surface area contributed by atoms with Crippen molar-refractivity contribution in [3.63, 3.8) is 0 Å². The quantitative estimate of drug-likeness (QED) is 0.449. The fraction of sp³-hybridized carbons (Fsp3) is 0.579. The summed E-state index contributed by atoms with van der Waals surface area (Å²) in [5, 5.41) is 7.09. The molecule has 1 aliphatic rings. The molecule has 2 rings (SSSR count). The van der Waals surface area contributed by atoms with Gasteiger partial charge in [0.2, 0.25) is 0 Å². The summed E-state index contributed by atoms with van der Waals surface area (Å²) in [5.41, 5.74) is 0.894. The molecule has 144 valence electrons. The molecule has 0 aromatic heterocycles. The van der Waals surface area contributed by atoms with E-state index in [0.717, 1.165) is 37.2 Å². The molecule has 0 radical (unpaired) electrons. The first-order valence-corrected chi connectivity index (χ1v) is 9.49. The van der Waals surface area contributed by atoms with E-state index in [1.165, 1.54) is 12.1 Å². The van der Waals surface area contributed by atoms with Gasteiger partial charge in [-0.2, -0.15) is 0 Å². The van der Waals surface area contributed by atoms with Crippen molar-refractivity contribution in [1.82, 2.24) is 10.6 Å². The lowest BCUT2D eigenvalue weighted by Gasteiger charge is -2.29. The van der Waals surface area contributed by atoms with Crippen molar-refractivity contribution in [3.05, 3.63) is 34.6 Å². The normalized spacial score (nSPS) is 20.5. The van der Waals surface area contributed by atoms with E-state index in [1.807, 2.05) is 6.92 Å². The molecule has 7 heteroatoms. The van der Waals surface area contributed by atoms with Crippen LogP contribution in [0.3, 0.4) is 0 Å². The summed E-state index contributed by atoms with van der Waals surface area (Å²) in [7, 11) is 1.73. The van der Waals surface area contributed by atoms with Crippen LogP contribution in [0.15, 0.2) is 23.2 Å². The number of nitrogens with zero attached hydrogens (tertiary/aromatic N) is 1. The van der Waals surface area contributed by atoms with Crippen LogP contribution in [-0.4, -0.2) is 38.2 Å². The third-order valence-corrected chi connectivity index (χ3v) is 4.97. The monoisotopic (exact) mass is 383 g/mol. The highest BCUT2D eigenvalue weighted by Gasteiger charge is 2.27. The van der Waals surface area contributed by atoms with Crippen molar-refractivity contribution in [2.45, 2.75) is 45.1 Å². The van der Waals surface area contributed by atoms with E-state index >= 15 is 0 Å². The van der Waals surface area contributed by atoms with Gasteiger partial charge in [-0.1, -0.05) is 17.7 Å². The van der Waals surface area contributed by atoms with Crippen LogP contribution in [0.4, 0.5) is 4.39 Å². The summed E-state index contributed by atoms with van der Waals surface area (Å²) in [6.07, 6.45) is 4.16. The fourth-order valence-corrected chi connectivity index (χ4v) is 3.42. The van der Waals surface area contributed by atoms with E-state index in [2.05, 4.69) is 15.6 Å². The molecule has 0 amide bonds. The van der Waals surface area contributed by atoms with Crippen molar-refractivity contribution < 1.29 is 13.9 Å². The summed E-state index contributed by atoms with van der Waals surface area (Å²) < 4.78 is 18.2. The molecule has 26 heavy (non-hydrogen) atoms. The van der Waals surface area contributed by atoms with Crippen LogP contribution < -0.4 is 10.6 Å². The van der Waals surface area contributed by atoms with Crippen molar-refractivity contribution in [2.75, 3.05) is 20.2 Å². The van der Waals surface area contributed by atoms with Crippen LogP contribution in [0.25, 0.3) is 0 Å². The molecule has 0 bridgehead atoms. The van der Waals surface area contributed by atoms with Crippen LogP contribution >= 0.6 is 11.6 Å². The van der Waals surface area contributed by atoms with Crippen LogP contribution in [0.2, 0.25) is 5.02 Å². The molecule has 5 nitrogen and oxygen atoms in total. The largest absolute Gasteiger partial charge is 0.466 e. The Bertz CT molecular complexity index is 631. The van der Waals surface area contributed by atoms with Gasteiger partial charge < -0.3 is 15.4 Å². The summed E-state index contributed by atoms with van der Waals surface area (Å²) in [5.74, 6) is 0.332. The third kappa shape index (κ3) is 6.16. The van der Waals surface area contributed by atoms with Gasteiger partial charge >= 0.3 is 5.97 Å². The Kier molecular flexibility index (Phi) is 8.16. The molecular formula is C19H27ClFN3O2. The second kappa shape index (κ2) is 10.4. The maximum Gasteiger partial charge on any atom is 0.308 e. The summed E-state index contributed by atoms with van der Waals surface area (Å²) in [6, 6.07) is 4.73. The van der Waals surface area contributed by atoms with E-state index in [0.29, 0.717) is 30.6 Å². The zero-order chi connectivity index (χ0) is 18.9. The van der Waals surface area contributed by atoms with Crippen molar-refractivity contribution >= 4 is 23.5 Å². The lowest BCUT2D eigenvalue weighted by atomic mass is 9.86. The fourth-order valence-electron chi connectivity index (χ4n) is 3.16. The molecule has 0 atom stereocenters. The van der Waals surface area contributed by atoms with E-state index in [-0.39, 0.29) is 17.7 Å². The summed E-state index contributed by atoms with van der Waals surface area (Å²) >= 11 is 6.04. The highest BCUT2D eigenvalue weighted by atomic mass is 35.5. The second-order valence-corrected chi connectivity index (χ2v) is 6.84. The van der Waals surface area contributed by atoms with Crippen LogP contribution in [0.1, 0.15) is 38.2 Å². The molecule has 0 heterocycles. The van der Waals surface area contributed by atoms with Gasteiger partial charge in [0.1, 0.15) is 5.82 Å². The minimum atomic E-state index is -0.331. The number of rotatable bonds is 6. The number of hydrogen-bond donors (Lipinski definition) is 2. The number of carbonyl (C=O) groups is 1. The number of ether oxygens (including phenoxy) is 1. The minimum absolute atomic E-state index is 0.0172. The first-order chi connectivity index (χ1) is 12.5. The Morgan fingerprint density at radius 2 is 2.08 bits per heavy atom. The minimum Gasteiger partial charge on any atom is -0.466 e. The molecule has 0 unspecified atom stereocenters. The van der Waals surface area contributed by atoms with Gasteiger partial charge in [-0.3, -0.25) is 9.79 Å². The molecule has 2 N–H and O–H groups in total. The Morgan fingerprint density at radius 1 is 1.35 bits per heavy atom. The summed E-state index contributed by atoms with van der Waals surface area (Å²) in [6.45, 7) is 2.91. The molecule has 1 fully saturated rings. The molecule has 1 aliphatic carbocycles. The number of benzene rings is 1. The first kappa shape index (κ1) is 20.5. The van der Waals surface area contributed by atoms with E-state index in [1.54, 1.807) is 13.1 Å². The van der Waals surface area contributed by atoms with Gasteiger partial charge in [-0.05, 0) is 56.7 Å². The van der Waals surface area contributed by atoms with Gasteiger partial charge in [0, 0.05) is 24.7 Å². The molecule has 0 aliphatic heterocycles. The number of hydrogen-bond acceptors (Lipinski definition) is 3. The average molecular weight is 384 g/mol. The maximum absolute atomic E-state index is 13.1. The van der Waals surface area contributed by atoms with E-state index in [4.69, 9.17) is 16.3 Å². The Morgan fingerprint density at radius 3 is 2.69 bits per heavy atom. The Hall–Kier alpha value is -1.82. The predicted octanol–water partition coefficient (Wildman–Crippen LogP) is 3.31. The SMILES string of the molecule is CCOC(=O)C1CCC(NC(=NC)NCCc2ccc(F)cc2Cl)CC1. The number of nitrogens with one attached hydrogen (secondary N) is 2. The van der Waals surface area contributed by atoms with E-state index < -0.39 is 0 Å².